The van der Waals surface area contributed by atoms with Crippen LogP contribution >= 0.6 is 11.6 Å². The maximum absolute atomic E-state index is 11.9. The highest BCUT2D eigenvalue weighted by atomic mass is 35.5. The molecule has 0 spiro atoms. The Morgan fingerprint density at radius 1 is 1.17 bits per heavy atom. The fraction of sp³-hybridized carbons (Fsp3) is 0.429. The van der Waals surface area contributed by atoms with E-state index >= 15 is 0 Å². The third-order valence-electron chi connectivity index (χ3n) is 2.52. The highest BCUT2D eigenvalue weighted by molar-refractivity contribution is 6.43. The van der Waals surface area contributed by atoms with Crippen molar-refractivity contribution in [3.05, 3.63) is 29.8 Å². The monoisotopic (exact) mass is 267 g/mol. The lowest BCUT2D eigenvalue weighted by atomic mass is 9.88. The third-order valence-corrected chi connectivity index (χ3v) is 2.92. The summed E-state index contributed by atoms with van der Waals surface area (Å²) in [5, 5.41) is 1.47. The van der Waals surface area contributed by atoms with Crippen molar-refractivity contribution in [2.24, 2.45) is 5.41 Å². The molecule has 1 amide bonds. The van der Waals surface area contributed by atoms with Crippen molar-refractivity contribution in [1.82, 2.24) is 0 Å². The first-order chi connectivity index (χ1) is 8.21. The van der Waals surface area contributed by atoms with E-state index in [0.717, 1.165) is 5.56 Å². The van der Waals surface area contributed by atoms with Gasteiger partial charge in [-0.1, -0.05) is 38.5 Å². The molecule has 1 N–H and O–H groups in total. The normalized spacial score (nSPS) is 12.9. The molecule has 18 heavy (non-hydrogen) atoms. The van der Waals surface area contributed by atoms with Crippen LogP contribution in [-0.2, 0) is 9.59 Å². The summed E-state index contributed by atoms with van der Waals surface area (Å²) in [5.74, 6) is -0.769. The van der Waals surface area contributed by atoms with E-state index in [1.165, 1.54) is 0 Å². The first-order valence-corrected chi connectivity index (χ1v) is 6.21. The summed E-state index contributed by atoms with van der Waals surface area (Å²) in [7, 11) is 0. The SMILES string of the molecule is Cc1ccc(NC(=O)C(Cl)C(=O)C(C)(C)C)cc1. The van der Waals surface area contributed by atoms with E-state index in [4.69, 9.17) is 11.6 Å². The summed E-state index contributed by atoms with van der Waals surface area (Å²) in [4.78, 5) is 23.7. The van der Waals surface area contributed by atoms with Crippen LogP contribution in [0.3, 0.4) is 0 Å². The van der Waals surface area contributed by atoms with Gasteiger partial charge in [0.25, 0.3) is 0 Å². The Morgan fingerprint density at radius 2 is 1.67 bits per heavy atom. The molecule has 0 saturated heterocycles. The Balaban J connectivity index is 2.71. The van der Waals surface area contributed by atoms with Crippen molar-refractivity contribution in [2.45, 2.75) is 33.1 Å². The van der Waals surface area contributed by atoms with Crippen molar-refractivity contribution < 1.29 is 9.59 Å². The molecule has 1 aromatic rings. The molecule has 0 radical (unpaired) electrons. The van der Waals surface area contributed by atoms with E-state index in [9.17, 15) is 9.59 Å². The second-order valence-corrected chi connectivity index (χ2v) is 5.77. The number of carbonyl (C=O) groups excluding carboxylic acids is 2. The molecule has 0 heterocycles. The summed E-state index contributed by atoms with van der Waals surface area (Å²) in [6, 6.07) is 7.31. The van der Waals surface area contributed by atoms with Gasteiger partial charge in [-0.25, -0.2) is 0 Å². The van der Waals surface area contributed by atoms with E-state index in [-0.39, 0.29) is 5.78 Å². The predicted octanol–water partition coefficient (Wildman–Crippen LogP) is 3.16. The van der Waals surface area contributed by atoms with Gasteiger partial charge < -0.3 is 5.32 Å². The number of carbonyl (C=O) groups is 2. The summed E-state index contributed by atoms with van der Waals surface area (Å²) in [5.41, 5.74) is 1.11. The summed E-state index contributed by atoms with van der Waals surface area (Å²) in [6.07, 6.45) is 0. The second kappa shape index (κ2) is 5.53. The molecule has 98 valence electrons. The van der Waals surface area contributed by atoms with E-state index < -0.39 is 16.7 Å². The lowest BCUT2D eigenvalue weighted by molar-refractivity contribution is -0.130. The van der Waals surface area contributed by atoms with Crippen LogP contribution in [0.5, 0.6) is 0 Å². The number of hydrogen-bond acceptors (Lipinski definition) is 2. The molecule has 1 aromatic carbocycles. The number of aryl methyl sites for hydroxylation is 1. The lowest BCUT2D eigenvalue weighted by Crippen LogP contribution is -2.37. The maximum Gasteiger partial charge on any atom is 0.250 e. The van der Waals surface area contributed by atoms with Gasteiger partial charge in [-0.2, -0.15) is 0 Å². The lowest BCUT2D eigenvalue weighted by Gasteiger charge is -2.19. The average Bonchev–Trinajstić information content (AvgIpc) is 2.29. The molecule has 0 aliphatic carbocycles. The number of ketones is 1. The smallest absolute Gasteiger partial charge is 0.250 e. The number of halogens is 1. The molecule has 1 rings (SSSR count). The van der Waals surface area contributed by atoms with Crippen LogP contribution in [0, 0.1) is 12.3 Å². The van der Waals surface area contributed by atoms with Gasteiger partial charge in [-0.05, 0) is 19.1 Å². The number of amides is 1. The minimum absolute atomic E-state index is 0.284. The van der Waals surface area contributed by atoms with Gasteiger partial charge in [0.2, 0.25) is 5.91 Å². The van der Waals surface area contributed by atoms with Gasteiger partial charge in [0.1, 0.15) is 0 Å². The van der Waals surface area contributed by atoms with Crippen LogP contribution in [0.2, 0.25) is 0 Å². The predicted molar refractivity (Wildman–Crippen MR) is 73.9 cm³/mol. The Hall–Kier alpha value is -1.35. The zero-order chi connectivity index (χ0) is 13.9. The fourth-order valence-electron chi connectivity index (χ4n) is 1.34. The largest absolute Gasteiger partial charge is 0.324 e. The highest BCUT2D eigenvalue weighted by Crippen LogP contribution is 2.21. The quantitative estimate of drug-likeness (QED) is 0.675. The topological polar surface area (TPSA) is 46.2 Å². The second-order valence-electron chi connectivity index (χ2n) is 5.33. The van der Waals surface area contributed by atoms with Crippen molar-refractivity contribution in [1.29, 1.82) is 0 Å². The molecule has 0 aromatic heterocycles. The fourth-order valence-corrected chi connectivity index (χ4v) is 1.72. The number of alkyl halides is 1. The van der Waals surface area contributed by atoms with Crippen LogP contribution in [0.25, 0.3) is 0 Å². The van der Waals surface area contributed by atoms with E-state index in [2.05, 4.69) is 5.32 Å². The van der Waals surface area contributed by atoms with Crippen LogP contribution in [-0.4, -0.2) is 17.1 Å². The van der Waals surface area contributed by atoms with E-state index in [1.807, 2.05) is 19.1 Å². The van der Waals surface area contributed by atoms with Crippen LogP contribution in [0.4, 0.5) is 5.69 Å². The molecule has 3 nitrogen and oxygen atoms in total. The molecule has 1 unspecified atom stereocenters. The van der Waals surface area contributed by atoms with Crippen LogP contribution in [0.1, 0.15) is 26.3 Å². The van der Waals surface area contributed by atoms with Crippen LogP contribution < -0.4 is 5.32 Å². The molecular weight excluding hydrogens is 250 g/mol. The Kier molecular flexibility index (Phi) is 4.52. The first-order valence-electron chi connectivity index (χ1n) is 5.78. The molecule has 4 heteroatoms. The molecular formula is C14H18ClNO2. The minimum atomic E-state index is -1.16. The first kappa shape index (κ1) is 14.7. The van der Waals surface area contributed by atoms with Gasteiger partial charge in [-0.3, -0.25) is 9.59 Å². The molecule has 0 fully saturated rings. The summed E-state index contributed by atoms with van der Waals surface area (Å²) in [6.45, 7) is 7.18. The summed E-state index contributed by atoms with van der Waals surface area (Å²) < 4.78 is 0. The van der Waals surface area contributed by atoms with Gasteiger partial charge in [-0.15, -0.1) is 11.6 Å². The number of anilines is 1. The van der Waals surface area contributed by atoms with Gasteiger partial charge in [0.05, 0.1) is 0 Å². The number of benzene rings is 1. The van der Waals surface area contributed by atoms with Crippen LogP contribution in [0.15, 0.2) is 24.3 Å². The zero-order valence-corrected chi connectivity index (χ0v) is 11.8. The van der Waals surface area contributed by atoms with E-state index in [0.29, 0.717) is 5.69 Å². The van der Waals surface area contributed by atoms with Crippen molar-refractivity contribution in [3.63, 3.8) is 0 Å². The van der Waals surface area contributed by atoms with Gasteiger partial charge in [0.15, 0.2) is 11.2 Å². The highest BCUT2D eigenvalue weighted by Gasteiger charge is 2.32. The molecule has 0 aliphatic heterocycles. The Morgan fingerprint density at radius 3 is 2.11 bits per heavy atom. The number of nitrogens with one attached hydrogen (secondary N) is 1. The number of hydrogen-bond donors (Lipinski definition) is 1. The average molecular weight is 268 g/mol. The molecule has 0 aliphatic rings. The minimum Gasteiger partial charge on any atom is -0.324 e. The van der Waals surface area contributed by atoms with Crippen molar-refractivity contribution >= 4 is 29.0 Å². The van der Waals surface area contributed by atoms with Gasteiger partial charge >= 0.3 is 0 Å². The maximum atomic E-state index is 11.9. The van der Waals surface area contributed by atoms with Crippen molar-refractivity contribution in [3.8, 4) is 0 Å². The third kappa shape index (κ3) is 3.84. The van der Waals surface area contributed by atoms with Crippen molar-refractivity contribution in [2.75, 3.05) is 5.32 Å². The number of Topliss-reactive ketones (excluding diaryl/α,β-unsaturated/α-hetero) is 1. The van der Waals surface area contributed by atoms with E-state index in [1.54, 1.807) is 32.9 Å². The Bertz CT molecular complexity index is 446. The summed E-state index contributed by atoms with van der Waals surface area (Å²) >= 11 is 5.89. The zero-order valence-electron chi connectivity index (χ0n) is 11.1. The Labute approximate surface area is 113 Å². The molecule has 1 atom stereocenters. The molecule has 0 saturated carbocycles. The number of rotatable bonds is 3. The van der Waals surface area contributed by atoms with Gasteiger partial charge in [0, 0.05) is 11.1 Å². The molecule has 0 bridgehead atoms. The standard InChI is InChI=1S/C14H18ClNO2/c1-9-5-7-10(8-6-9)16-13(18)11(15)12(17)14(2,3)4/h5-8,11H,1-4H3,(H,16,18).